The summed E-state index contributed by atoms with van der Waals surface area (Å²) in [5.74, 6) is -2.87. The van der Waals surface area contributed by atoms with Crippen LogP contribution in [0, 0.1) is 6.92 Å². The second-order valence-electron chi connectivity index (χ2n) is 7.36. The maximum Gasteiger partial charge on any atom is 0.453 e. The fourth-order valence-electron chi connectivity index (χ4n) is 3.12. The number of alkyl halides is 3. The van der Waals surface area contributed by atoms with Crippen LogP contribution in [-0.4, -0.2) is 12.5 Å². The number of anilines is 1. The summed E-state index contributed by atoms with van der Waals surface area (Å²) in [5, 5.41) is 2.49. The lowest BCUT2D eigenvalue weighted by atomic mass is 10.2. The number of rotatable bonds is 6. The van der Waals surface area contributed by atoms with Crippen molar-refractivity contribution in [3.63, 3.8) is 0 Å². The molecule has 9 heteroatoms. The quantitative estimate of drug-likeness (QED) is 0.379. The van der Waals surface area contributed by atoms with Crippen LogP contribution in [0.15, 0.2) is 82.0 Å². The predicted molar refractivity (Wildman–Crippen MR) is 119 cm³/mol. The molecular weight excluding hydrogens is 451 g/mol. The molecule has 174 valence electrons. The lowest BCUT2D eigenvalue weighted by Gasteiger charge is -2.14. The third-order valence-electron chi connectivity index (χ3n) is 4.75. The molecule has 0 saturated carbocycles. The molecule has 0 aliphatic heterocycles. The first-order valence-electron chi connectivity index (χ1n) is 10.1. The number of amides is 1. The zero-order chi connectivity index (χ0) is 24.3. The number of para-hydroxylation sites is 1. The largest absolute Gasteiger partial charge is 0.484 e. The van der Waals surface area contributed by atoms with Crippen molar-refractivity contribution in [2.75, 3.05) is 11.9 Å². The molecule has 0 bridgehead atoms. The summed E-state index contributed by atoms with van der Waals surface area (Å²) in [5.41, 5.74) is 0.104. The number of ether oxygens (including phenoxy) is 2. The highest BCUT2D eigenvalue weighted by Crippen LogP contribution is 2.38. The van der Waals surface area contributed by atoms with Gasteiger partial charge in [-0.3, -0.25) is 9.59 Å². The van der Waals surface area contributed by atoms with Gasteiger partial charge in [0.05, 0.1) is 5.39 Å². The fourth-order valence-corrected chi connectivity index (χ4v) is 3.12. The van der Waals surface area contributed by atoms with Crippen LogP contribution in [0.25, 0.3) is 11.0 Å². The third kappa shape index (κ3) is 5.20. The molecule has 0 aliphatic rings. The Morgan fingerprint density at radius 2 is 1.65 bits per heavy atom. The van der Waals surface area contributed by atoms with Crippen LogP contribution in [0.5, 0.6) is 17.2 Å². The van der Waals surface area contributed by atoms with Gasteiger partial charge in [-0.2, -0.15) is 13.2 Å². The Bertz CT molecular complexity index is 1380. The summed E-state index contributed by atoms with van der Waals surface area (Å²) in [6.07, 6.45) is -4.99. The summed E-state index contributed by atoms with van der Waals surface area (Å²) in [7, 11) is 0. The molecule has 0 saturated heterocycles. The number of carbonyl (C=O) groups excluding carboxylic acids is 1. The topological polar surface area (TPSA) is 77.8 Å². The van der Waals surface area contributed by atoms with Gasteiger partial charge >= 0.3 is 6.18 Å². The normalized spacial score (nSPS) is 11.3. The van der Waals surface area contributed by atoms with Crippen molar-refractivity contribution >= 4 is 22.6 Å². The highest BCUT2D eigenvalue weighted by Gasteiger charge is 2.40. The Balaban J connectivity index is 1.61. The smallest absolute Gasteiger partial charge is 0.453 e. The summed E-state index contributed by atoms with van der Waals surface area (Å²) in [4.78, 5) is 24.9. The number of halogens is 3. The van der Waals surface area contributed by atoms with Crippen LogP contribution in [0.4, 0.5) is 18.9 Å². The zero-order valence-corrected chi connectivity index (χ0v) is 17.8. The second kappa shape index (κ2) is 9.30. The minimum atomic E-state index is -4.99. The molecule has 1 aromatic heterocycles. The molecular formula is C25H18F3NO5. The standard InChI is InChI=1S/C25H18F3NO5/c1-15-7-9-17(10-8-15)33-23-22(31)19-12-11-18(13-20(19)34-24(23)25(26,27)28)32-14-21(30)29-16-5-3-2-4-6-16/h2-13H,14H2,1H3,(H,29,30). The van der Waals surface area contributed by atoms with E-state index >= 15 is 0 Å². The summed E-state index contributed by atoms with van der Waals surface area (Å²) in [6, 6.07) is 18.6. The van der Waals surface area contributed by atoms with Crippen LogP contribution < -0.4 is 20.2 Å². The number of fused-ring (bicyclic) bond motifs is 1. The Labute approximate surface area is 191 Å². The first kappa shape index (κ1) is 22.9. The number of benzene rings is 3. The first-order valence-corrected chi connectivity index (χ1v) is 10.1. The maximum absolute atomic E-state index is 13.7. The van der Waals surface area contributed by atoms with Crippen molar-refractivity contribution in [3.8, 4) is 17.2 Å². The first-order chi connectivity index (χ1) is 16.2. The van der Waals surface area contributed by atoms with Gasteiger partial charge in [-0.05, 0) is 43.3 Å². The lowest BCUT2D eigenvalue weighted by Crippen LogP contribution is -2.20. The molecule has 34 heavy (non-hydrogen) atoms. The molecule has 0 radical (unpaired) electrons. The van der Waals surface area contributed by atoms with Gasteiger partial charge in [0.1, 0.15) is 17.1 Å². The van der Waals surface area contributed by atoms with E-state index in [0.29, 0.717) is 5.69 Å². The van der Waals surface area contributed by atoms with Gasteiger partial charge in [-0.15, -0.1) is 0 Å². The van der Waals surface area contributed by atoms with E-state index in [4.69, 9.17) is 13.9 Å². The van der Waals surface area contributed by atoms with E-state index in [-0.39, 0.29) is 22.5 Å². The molecule has 3 aromatic carbocycles. The SMILES string of the molecule is Cc1ccc(Oc2c(C(F)(F)F)oc3cc(OCC(=O)Nc4ccccc4)ccc3c2=O)cc1. The van der Waals surface area contributed by atoms with Crippen molar-refractivity contribution in [1.82, 2.24) is 0 Å². The molecule has 0 unspecified atom stereocenters. The van der Waals surface area contributed by atoms with Gasteiger partial charge in [-0.1, -0.05) is 35.9 Å². The molecule has 6 nitrogen and oxygen atoms in total. The average molecular weight is 469 g/mol. The summed E-state index contributed by atoms with van der Waals surface area (Å²) >= 11 is 0. The second-order valence-corrected chi connectivity index (χ2v) is 7.36. The maximum atomic E-state index is 13.7. The van der Waals surface area contributed by atoms with E-state index in [0.717, 1.165) is 11.6 Å². The predicted octanol–water partition coefficient (Wildman–Crippen LogP) is 5.93. The van der Waals surface area contributed by atoms with Gasteiger partial charge in [0.15, 0.2) is 6.61 Å². The monoisotopic (exact) mass is 469 g/mol. The van der Waals surface area contributed by atoms with Crippen molar-refractivity contribution in [3.05, 3.63) is 94.3 Å². The van der Waals surface area contributed by atoms with Crippen molar-refractivity contribution < 1.29 is 31.9 Å². The average Bonchev–Trinajstić information content (AvgIpc) is 2.80. The van der Waals surface area contributed by atoms with Crippen LogP contribution in [-0.2, 0) is 11.0 Å². The van der Waals surface area contributed by atoms with E-state index in [9.17, 15) is 22.8 Å². The number of hydrogen-bond donors (Lipinski definition) is 1. The highest BCUT2D eigenvalue weighted by atomic mass is 19.4. The Morgan fingerprint density at radius 1 is 0.971 bits per heavy atom. The van der Waals surface area contributed by atoms with E-state index in [1.165, 1.54) is 24.3 Å². The molecule has 0 fully saturated rings. The van der Waals surface area contributed by atoms with Gasteiger partial charge in [0.2, 0.25) is 11.2 Å². The Kier molecular flexibility index (Phi) is 6.27. The minimum absolute atomic E-state index is 0.0548. The Hall–Kier alpha value is -4.27. The molecule has 0 aliphatic carbocycles. The summed E-state index contributed by atoms with van der Waals surface area (Å²) < 4.78 is 56.8. The van der Waals surface area contributed by atoms with Crippen LogP contribution in [0.2, 0.25) is 0 Å². The minimum Gasteiger partial charge on any atom is -0.484 e. The lowest BCUT2D eigenvalue weighted by molar-refractivity contribution is -0.154. The van der Waals surface area contributed by atoms with Crippen molar-refractivity contribution in [2.24, 2.45) is 0 Å². The van der Waals surface area contributed by atoms with E-state index in [1.54, 1.807) is 49.4 Å². The molecule has 0 atom stereocenters. The van der Waals surface area contributed by atoms with Crippen LogP contribution in [0.1, 0.15) is 11.3 Å². The number of hydrogen-bond acceptors (Lipinski definition) is 5. The van der Waals surface area contributed by atoms with Gasteiger partial charge in [-0.25, -0.2) is 0 Å². The third-order valence-corrected chi connectivity index (χ3v) is 4.75. The fraction of sp³-hybridized carbons (Fsp3) is 0.120. The van der Waals surface area contributed by atoms with E-state index < -0.39 is 35.6 Å². The van der Waals surface area contributed by atoms with Gasteiger partial charge < -0.3 is 19.2 Å². The molecule has 1 N–H and O–H groups in total. The van der Waals surface area contributed by atoms with Gasteiger partial charge in [0.25, 0.3) is 11.7 Å². The van der Waals surface area contributed by atoms with Crippen molar-refractivity contribution in [1.29, 1.82) is 0 Å². The molecule has 0 spiro atoms. The molecule has 1 amide bonds. The van der Waals surface area contributed by atoms with Gasteiger partial charge in [0, 0.05) is 11.8 Å². The molecule has 1 heterocycles. The summed E-state index contributed by atoms with van der Waals surface area (Å²) in [6.45, 7) is 1.41. The molecule has 4 rings (SSSR count). The van der Waals surface area contributed by atoms with E-state index in [1.807, 2.05) is 0 Å². The molecule has 4 aromatic rings. The Morgan fingerprint density at radius 3 is 2.32 bits per heavy atom. The number of nitrogens with one attached hydrogen (secondary N) is 1. The van der Waals surface area contributed by atoms with Crippen LogP contribution in [0.3, 0.4) is 0 Å². The highest BCUT2D eigenvalue weighted by molar-refractivity contribution is 5.91. The van der Waals surface area contributed by atoms with Crippen LogP contribution >= 0.6 is 0 Å². The van der Waals surface area contributed by atoms with Crippen molar-refractivity contribution in [2.45, 2.75) is 13.1 Å². The number of carbonyl (C=O) groups is 1. The van der Waals surface area contributed by atoms with E-state index in [2.05, 4.69) is 5.32 Å². The number of aryl methyl sites for hydroxylation is 1. The zero-order valence-electron chi connectivity index (χ0n) is 17.8.